The highest BCUT2D eigenvalue weighted by Crippen LogP contribution is 2.34. The number of benzene rings is 3. The number of imide groups is 1. The minimum atomic E-state index is -0.296. The van der Waals surface area contributed by atoms with Crippen LogP contribution in [0.25, 0.3) is 16.8 Å². The molecule has 3 aromatic carbocycles. The number of amides is 2. The fourth-order valence-electron chi connectivity index (χ4n) is 3.02. The second-order valence-electron chi connectivity index (χ2n) is 6.35. The quantitative estimate of drug-likeness (QED) is 0.465. The van der Waals surface area contributed by atoms with E-state index in [1.165, 1.54) is 7.05 Å². The minimum absolute atomic E-state index is 0.274. The molecule has 0 unspecified atom stereocenters. The molecule has 1 heterocycles. The van der Waals surface area contributed by atoms with E-state index in [9.17, 15) is 9.59 Å². The first-order valence-electron chi connectivity index (χ1n) is 8.63. The summed E-state index contributed by atoms with van der Waals surface area (Å²) in [5, 5.41) is 2.04. The molecule has 4 rings (SSSR count). The minimum Gasteiger partial charge on any atom is -0.488 e. The van der Waals surface area contributed by atoms with Crippen LogP contribution in [0.2, 0.25) is 0 Å². The Balaban J connectivity index is 1.64. The van der Waals surface area contributed by atoms with E-state index in [0.717, 1.165) is 43.0 Å². The fourth-order valence-corrected chi connectivity index (χ4v) is 4.22. The predicted octanol–water partition coefficient (Wildman–Crippen LogP) is 5.85. The summed E-state index contributed by atoms with van der Waals surface area (Å²) in [5.41, 5.74) is 1.83. The van der Waals surface area contributed by atoms with Crippen LogP contribution in [0.3, 0.4) is 0 Å². The molecule has 0 radical (unpaired) electrons. The molecule has 0 saturated carbocycles. The molecule has 2 amide bonds. The summed E-state index contributed by atoms with van der Waals surface area (Å²) in [6.07, 6.45) is 1.71. The number of nitrogens with zero attached hydrogens (tertiary/aromatic N) is 1. The number of rotatable bonds is 4. The van der Waals surface area contributed by atoms with Crippen molar-refractivity contribution in [3.05, 3.63) is 81.2 Å². The first-order valence-corrected chi connectivity index (χ1v) is 10.2. The van der Waals surface area contributed by atoms with E-state index >= 15 is 0 Å². The zero-order chi connectivity index (χ0) is 19.7. The van der Waals surface area contributed by atoms with Crippen molar-refractivity contribution in [1.29, 1.82) is 0 Å². The molecule has 3 aromatic rings. The monoisotopic (exact) mass is 453 g/mol. The van der Waals surface area contributed by atoms with Gasteiger partial charge >= 0.3 is 0 Å². The van der Waals surface area contributed by atoms with E-state index < -0.39 is 0 Å². The lowest BCUT2D eigenvalue weighted by Crippen LogP contribution is -2.22. The summed E-state index contributed by atoms with van der Waals surface area (Å²) in [5.74, 6) is 0.356. The molecule has 0 aliphatic carbocycles. The lowest BCUT2D eigenvalue weighted by atomic mass is 10.1. The maximum Gasteiger partial charge on any atom is 0.293 e. The van der Waals surface area contributed by atoms with Gasteiger partial charge in [-0.2, -0.15) is 0 Å². The Kier molecular flexibility index (Phi) is 5.24. The van der Waals surface area contributed by atoms with Gasteiger partial charge in [-0.3, -0.25) is 14.5 Å². The van der Waals surface area contributed by atoms with Gasteiger partial charge in [0.25, 0.3) is 11.1 Å². The lowest BCUT2D eigenvalue weighted by molar-refractivity contribution is -0.121. The largest absolute Gasteiger partial charge is 0.488 e. The molecular weight excluding hydrogens is 438 g/mol. The van der Waals surface area contributed by atoms with E-state index in [1.807, 2.05) is 42.5 Å². The molecule has 1 aliphatic heterocycles. The summed E-state index contributed by atoms with van der Waals surface area (Å²) in [7, 11) is 1.48. The van der Waals surface area contributed by atoms with E-state index in [2.05, 4.69) is 34.1 Å². The Morgan fingerprint density at radius 1 is 1.07 bits per heavy atom. The third kappa shape index (κ3) is 3.70. The molecule has 4 nitrogen and oxygen atoms in total. The molecule has 0 bridgehead atoms. The van der Waals surface area contributed by atoms with Crippen molar-refractivity contribution in [2.75, 3.05) is 7.05 Å². The average Bonchev–Trinajstić information content (AvgIpc) is 2.94. The van der Waals surface area contributed by atoms with Crippen LogP contribution in [-0.4, -0.2) is 23.1 Å². The third-order valence-electron chi connectivity index (χ3n) is 4.51. The number of ether oxygens (including phenoxy) is 1. The highest BCUT2D eigenvalue weighted by Gasteiger charge is 2.32. The summed E-state index contributed by atoms with van der Waals surface area (Å²) < 4.78 is 6.97. The molecular formula is C22H16BrNO3S. The highest BCUT2D eigenvalue weighted by molar-refractivity contribution is 9.10. The van der Waals surface area contributed by atoms with Gasteiger partial charge in [-0.15, -0.1) is 0 Å². The van der Waals surface area contributed by atoms with Crippen LogP contribution in [0.5, 0.6) is 5.75 Å². The summed E-state index contributed by atoms with van der Waals surface area (Å²) in [6, 6.07) is 19.9. The van der Waals surface area contributed by atoms with E-state index in [-0.39, 0.29) is 11.1 Å². The zero-order valence-corrected chi connectivity index (χ0v) is 17.4. The van der Waals surface area contributed by atoms with E-state index in [0.29, 0.717) is 17.3 Å². The lowest BCUT2D eigenvalue weighted by Gasteiger charge is -2.12. The molecule has 1 aliphatic rings. The fraction of sp³-hybridized carbons (Fsp3) is 0.0909. The first kappa shape index (κ1) is 18.8. The molecule has 0 aromatic heterocycles. The molecule has 140 valence electrons. The van der Waals surface area contributed by atoms with E-state index in [4.69, 9.17) is 4.74 Å². The van der Waals surface area contributed by atoms with Crippen molar-refractivity contribution in [3.8, 4) is 5.75 Å². The van der Waals surface area contributed by atoms with Crippen LogP contribution in [0.1, 0.15) is 11.1 Å². The van der Waals surface area contributed by atoms with Gasteiger partial charge in [0.1, 0.15) is 12.4 Å². The molecule has 0 N–H and O–H groups in total. The Bertz CT molecular complexity index is 1120. The Hall–Kier alpha value is -2.57. The second kappa shape index (κ2) is 7.81. The number of hydrogen-bond acceptors (Lipinski definition) is 4. The van der Waals surface area contributed by atoms with Gasteiger partial charge in [-0.1, -0.05) is 58.4 Å². The van der Waals surface area contributed by atoms with Crippen LogP contribution in [0, 0.1) is 0 Å². The van der Waals surface area contributed by atoms with Gasteiger partial charge in [0.15, 0.2) is 0 Å². The maximum absolute atomic E-state index is 12.2. The van der Waals surface area contributed by atoms with Crippen molar-refractivity contribution in [2.24, 2.45) is 0 Å². The van der Waals surface area contributed by atoms with Gasteiger partial charge in [0.05, 0.1) is 4.91 Å². The van der Waals surface area contributed by atoms with Gasteiger partial charge in [-0.05, 0) is 52.4 Å². The van der Waals surface area contributed by atoms with Gasteiger partial charge in [0.2, 0.25) is 0 Å². The molecule has 1 saturated heterocycles. The van der Waals surface area contributed by atoms with Crippen LogP contribution in [-0.2, 0) is 11.4 Å². The van der Waals surface area contributed by atoms with Crippen molar-refractivity contribution in [2.45, 2.75) is 6.61 Å². The number of thioether (sulfide) groups is 1. The van der Waals surface area contributed by atoms with Gasteiger partial charge in [-0.25, -0.2) is 0 Å². The standard InChI is InChI=1S/C22H16BrNO3S/c1-24-21(25)20(28-22(24)26)12-16-11-17(23)9-10-19(16)27-13-15-7-4-6-14-5-2-3-8-18(14)15/h2-12H,13H2,1H3/b20-12-. The molecule has 0 spiro atoms. The number of halogens is 1. The van der Waals surface area contributed by atoms with Gasteiger partial charge in [0, 0.05) is 17.1 Å². The van der Waals surface area contributed by atoms with Crippen molar-refractivity contribution < 1.29 is 14.3 Å². The normalized spacial score (nSPS) is 15.6. The second-order valence-corrected chi connectivity index (χ2v) is 8.26. The Morgan fingerprint density at radius 2 is 1.86 bits per heavy atom. The molecule has 0 atom stereocenters. The topological polar surface area (TPSA) is 46.6 Å². The predicted molar refractivity (Wildman–Crippen MR) is 116 cm³/mol. The molecule has 6 heteroatoms. The van der Waals surface area contributed by atoms with E-state index in [1.54, 1.807) is 6.08 Å². The zero-order valence-electron chi connectivity index (χ0n) is 15.0. The number of carbonyl (C=O) groups is 2. The van der Waals surface area contributed by atoms with Crippen molar-refractivity contribution in [1.82, 2.24) is 4.90 Å². The molecule has 1 fully saturated rings. The Morgan fingerprint density at radius 3 is 2.64 bits per heavy atom. The number of likely N-dealkylation sites (N-methyl/N-ethyl adjacent to an activating group) is 1. The molecule has 28 heavy (non-hydrogen) atoms. The van der Waals surface area contributed by atoms with Crippen LogP contribution < -0.4 is 4.74 Å². The number of hydrogen-bond donors (Lipinski definition) is 0. The van der Waals surface area contributed by atoms with Gasteiger partial charge < -0.3 is 4.74 Å². The average molecular weight is 454 g/mol. The van der Waals surface area contributed by atoms with Crippen LogP contribution in [0.15, 0.2) is 70.0 Å². The van der Waals surface area contributed by atoms with Crippen LogP contribution >= 0.6 is 27.7 Å². The number of carbonyl (C=O) groups excluding carboxylic acids is 2. The highest BCUT2D eigenvalue weighted by atomic mass is 79.9. The Labute approximate surface area is 175 Å². The number of fused-ring (bicyclic) bond motifs is 1. The van der Waals surface area contributed by atoms with Crippen LogP contribution in [0.4, 0.5) is 4.79 Å². The summed E-state index contributed by atoms with van der Waals surface area (Å²) in [4.78, 5) is 25.5. The first-order chi connectivity index (χ1) is 13.5. The third-order valence-corrected chi connectivity index (χ3v) is 5.96. The van der Waals surface area contributed by atoms with Crippen molar-refractivity contribution in [3.63, 3.8) is 0 Å². The van der Waals surface area contributed by atoms with Crippen molar-refractivity contribution >= 4 is 55.7 Å². The smallest absolute Gasteiger partial charge is 0.293 e. The SMILES string of the molecule is CN1C(=O)S/C(=C\c2cc(Br)ccc2OCc2cccc3ccccc23)C1=O. The summed E-state index contributed by atoms with van der Waals surface area (Å²) in [6.45, 7) is 0.402. The summed E-state index contributed by atoms with van der Waals surface area (Å²) >= 11 is 4.39. The maximum atomic E-state index is 12.2.